The molecular weight excluding hydrogens is 304 g/mol. The van der Waals surface area contributed by atoms with E-state index < -0.39 is 0 Å². The molecule has 1 unspecified atom stereocenters. The van der Waals surface area contributed by atoms with E-state index >= 15 is 0 Å². The van der Waals surface area contributed by atoms with Crippen molar-refractivity contribution < 1.29 is 4.42 Å². The van der Waals surface area contributed by atoms with Crippen molar-refractivity contribution in [1.82, 2.24) is 4.90 Å². The number of rotatable bonds is 6. The number of hydrogen-bond acceptors (Lipinski definition) is 3. The summed E-state index contributed by atoms with van der Waals surface area (Å²) in [5.41, 5.74) is 7.20. The average molecular weight is 323 g/mol. The Bertz CT molecular complexity index is 499. The molecule has 0 aliphatic rings. The summed E-state index contributed by atoms with van der Waals surface area (Å²) in [5.74, 6) is 0.968. The average Bonchev–Trinajstić information content (AvgIpc) is 2.91. The lowest BCUT2D eigenvalue weighted by Crippen LogP contribution is -2.33. The van der Waals surface area contributed by atoms with Gasteiger partial charge in [-0.05, 0) is 36.4 Å². The molecule has 3 nitrogen and oxygen atoms in total. The molecule has 0 spiro atoms. The second-order valence-corrected chi connectivity index (χ2v) is 5.36. The van der Waals surface area contributed by atoms with Crippen LogP contribution in [-0.4, -0.2) is 18.0 Å². The molecule has 1 atom stereocenters. The number of benzene rings is 1. The van der Waals surface area contributed by atoms with Crippen LogP contribution in [0.5, 0.6) is 0 Å². The summed E-state index contributed by atoms with van der Waals surface area (Å²) >= 11 is 3.51. The Morgan fingerprint density at radius 1 is 1.32 bits per heavy atom. The number of furan rings is 1. The maximum absolute atomic E-state index is 5.97. The highest BCUT2D eigenvalue weighted by Gasteiger charge is 2.18. The third-order valence-corrected chi connectivity index (χ3v) is 3.74. The zero-order valence-corrected chi connectivity index (χ0v) is 12.6. The van der Waals surface area contributed by atoms with E-state index in [0.29, 0.717) is 6.54 Å². The Hall–Kier alpha value is -1.10. The lowest BCUT2D eigenvalue weighted by Gasteiger charge is -2.29. The molecule has 0 bridgehead atoms. The molecule has 0 saturated carbocycles. The monoisotopic (exact) mass is 322 g/mol. The van der Waals surface area contributed by atoms with Gasteiger partial charge in [0, 0.05) is 17.1 Å². The number of likely N-dealkylation sites (N-methyl/N-ethyl adjacent to an activating group) is 1. The van der Waals surface area contributed by atoms with Crippen LogP contribution in [0.3, 0.4) is 0 Å². The van der Waals surface area contributed by atoms with Crippen molar-refractivity contribution in [3.05, 3.63) is 58.5 Å². The zero-order chi connectivity index (χ0) is 13.7. The third kappa shape index (κ3) is 3.69. The fraction of sp³-hybridized carbons (Fsp3) is 0.333. The number of hydrogen-bond donors (Lipinski definition) is 1. The fourth-order valence-corrected chi connectivity index (χ4v) is 2.67. The van der Waals surface area contributed by atoms with Gasteiger partial charge in [-0.15, -0.1) is 0 Å². The van der Waals surface area contributed by atoms with Crippen LogP contribution in [0.4, 0.5) is 0 Å². The standard InChI is InChI=1S/C15H19BrN2O/c1-2-18(11-14-7-4-8-19-14)15(10-17)12-5-3-6-13(16)9-12/h3-9,15H,2,10-11,17H2,1H3. The van der Waals surface area contributed by atoms with E-state index in [-0.39, 0.29) is 6.04 Å². The zero-order valence-electron chi connectivity index (χ0n) is 11.1. The topological polar surface area (TPSA) is 42.4 Å². The smallest absolute Gasteiger partial charge is 0.117 e. The molecule has 1 aromatic heterocycles. The van der Waals surface area contributed by atoms with Gasteiger partial charge in [-0.1, -0.05) is 35.0 Å². The van der Waals surface area contributed by atoms with Gasteiger partial charge >= 0.3 is 0 Å². The Labute approximate surface area is 122 Å². The molecule has 2 rings (SSSR count). The van der Waals surface area contributed by atoms with E-state index in [2.05, 4.69) is 39.9 Å². The number of nitrogens with two attached hydrogens (primary N) is 1. The minimum Gasteiger partial charge on any atom is -0.468 e. The third-order valence-electron chi connectivity index (χ3n) is 3.24. The van der Waals surface area contributed by atoms with Gasteiger partial charge in [0.15, 0.2) is 0 Å². The van der Waals surface area contributed by atoms with Gasteiger partial charge in [0.05, 0.1) is 12.8 Å². The molecule has 1 aromatic carbocycles. The normalized spacial score (nSPS) is 12.8. The Kier molecular flexibility index (Phi) is 5.19. The van der Waals surface area contributed by atoms with E-state index in [9.17, 15) is 0 Å². The van der Waals surface area contributed by atoms with Crippen molar-refractivity contribution in [1.29, 1.82) is 0 Å². The minimum atomic E-state index is 0.201. The van der Waals surface area contributed by atoms with Crippen molar-refractivity contribution in [2.45, 2.75) is 19.5 Å². The van der Waals surface area contributed by atoms with Crippen molar-refractivity contribution in [2.75, 3.05) is 13.1 Å². The van der Waals surface area contributed by atoms with Crippen molar-refractivity contribution >= 4 is 15.9 Å². The maximum atomic E-state index is 5.97. The Morgan fingerprint density at radius 3 is 2.74 bits per heavy atom. The molecule has 2 N–H and O–H groups in total. The van der Waals surface area contributed by atoms with Gasteiger partial charge in [0.25, 0.3) is 0 Å². The van der Waals surface area contributed by atoms with E-state index in [0.717, 1.165) is 23.3 Å². The molecule has 2 aromatic rings. The highest BCUT2D eigenvalue weighted by atomic mass is 79.9. The summed E-state index contributed by atoms with van der Waals surface area (Å²) in [6.07, 6.45) is 1.71. The quantitative estimate of drug-likeness (QED) is 0.884. The SMILES string of the molecule is CCN(Cc1ccco1)C(CN)c1cccc(Br)c1. The van der Waals surface area contributed by atoms with Gasteiger partial charge < -0.3 is 10.2 Å². The van der Waals surface area contributed by atoms with Crippen molar-refractivity contribution in [3.8, 4) is 0 Å². The van der Waals surface area contributed by atoms with Crippen LogP contribution in [0.1, 0.15) is 24.3 Å². The highest BCUT2D eigenvalue weighted by Crippen LogP contribution is 2.24. The van der Waals surface area contributed by atoms with Crippen LogP contribution in [0.15, 0.2) is 51.6 Å². The Morgan fingerprint density at radius 2 is 2.16 bits per heavy atom. The maximum Gasteiger partial charge on any atom is 0.117 e. The summed E-state index contributed by atoms with van der Waals surface area (Å²) in [5, 5.41) is 0. The molecule has 0 saturated heterocycles. The summed E-state index contributed by atoms with van der Waals surface area (Å²) in [4.78, 5) is 2.32. The van der Waals surface area contributed by atoms with E-state index in [1.807, 2.05) is 24.3 Å². The van der Waals surface area contributed by atoms with Crippen LogP contribution in [-0.2, 0) is 6.54 Å². The first-order chi connectivity index (χ1) is 9.24. The fourth-order valence-electron chi connectivity index (χ4n) is 2.25. The molecular formula is C15H19BrN2O. The molecule has 0 amide bonds. The molecule has 4 heteroatoms. The summed E-state index contributed by atoms with van der Waals surface area (Å²) < 4.78 is 6.51. The molecule has 19 heavy (non-hydrogen) atoms. The molecule has 0 aliphatic carbocycles. The van der Waals surface area contributed by atoms with Crippen LogP contribution in [0, 0.1) is 0 Å². The summed E-state index contributed by atoms with van der Waals surface area (Å²) in [6.45, 7) is 4.43. The Balaban J connectivity index is 2.18. The number of halogens is 1. The van der Waals surface area contributed by atoms with Gasteiger partial charge in [-0.2, -0.15) is 0 Å². The minimum absolute atomic E-state index is 0.201. The van der Waals surface area contributed by atoms with E-state index in [1.54, 1.807) is 6.26 Å². The van der Waals surface area contributed by atoms with Gasteiger partial charge in [-0.25, -0.2) is 0 Å². The van der Waals surface area contributed by atoms with Crippen LogP contribution >= 0.6 is 15.9 Å². The van der Waals surface area contributed by atoms with Gasteiger partial charge in [-0.3, -0.25) is 4.90 Å². The molecule has 1 heterocycles. The molecule has 0 aliphatic heterocycles. The lowest BCUT2D eigenvalue weighted by molar-refractivity contribution is 0.188. The van der Waals surface area contributed by atoms with Gasteiger partial charge in [0.1, 0.15) is 5.76 Å². The first-order valence-corrected chi connectivity index (χ1v) is 7.26. The van der Waals surface area contributed by atoms with Crippen molar-refractivity contribution in [2.24, 2.45) is 5.73 Å². The largest absolute Gasteiger partial charge is 0.468 e. The second-order valence-electron chi connectivity index (χ2n) is 4.45. The van der Waals surface area contributed by atoms with Crippen LogP contribution in [0.2, 0.25) is 0 Å². The second kappa shape index (κ2) is 6.89. The van der Waals surface area contributed by atoms with E-state index in [4.69, 9.17) is 10.2 Å². The molecule has 0 fully saturated rings. The van der Waals surface area contributed by atoms with Crippen LogP contribution in [0.25, 0.3) is 0 Å². The summed E-state index contributed by atoms with van der Waals surface area (Å²) in [6, 6.07) is 12.4. The number of nitrogens with zero attached hydrogens (tertiary/aromatic N) is 1. The molecule has 0 radical (unpaired) electrons. The predicted octanol–water partition coefficient (Wildman–Crippen LogP) is 3.56. The molecule has 102 valence electrons. The first-order valence-electron chi connectivity index (χ1n) is 6.46. The van der Waals surface area contributed by atoms with Gasteiger partial charge in [0.2, 0.25) is 0 Å². The van der Waals surface area contributed by atoms with Crippen LogP contribution < -0.4 is 5.73 Å². The van der Waals surface area contributed by atoms with Crippen molar-refractivity contribution in [3.63, 3.8) is 0 Å². The van der Waals surface area contributed by atoms with E-state index in [1.165, 1.54) is 5.56 Å². The lowest BCUT2D eigenvalue weighted by atomic mass is 10.1. The predicted molar refractivity (Wildman–Crippen MR) is 80.7 cm³/mol. The highest BCUT2D eigenvalue weighted by molar-refractivity contribution is 9.10. The first kappa shape index (κ1) is 14.3. The summed E-state index contributed by atoms with van der Waals surface area (Å²) in [7, 11) is 0.